The molecule has 3 N–H and O–H groups in total. The molecule has 15 heteroatoms. The third-order valence-electron chi connectivity index (χ3n) is 7.27. The molecular weight excluding hydrogens is 552 g/mol. The van der Waals surface area contributed by atoms with Gasteiger partial charge in [0, 0.05) is 23.8 Å². The second-order valence-corrected chi connectivity index (χ2v) is 11.6. The van der Waals surface area contributed by atoms with Crippen molar-refractivity contribution < 1.29 is 39.6 Å². The zero-order valence-electron chi connectivity index (χ0n) is 20.2. The smallest absolute Gasteiger partial charge is 0.366 e. The van der Waals surface area contributed by atoms with E-state index in [2.05, 4.69) is 9.97 Å². The Morgan fingerprint density at radius 3 is 2.21 bits per heavy atom. The van der Waals surface area contributed by atoms with Crippen molar-refractivity contribution in [3.63, 3.8) is 0 Å². The van der Waals surface area contributed by atoms with E-state index in [0.717, 1.165) is 37.6 Å². The lowest BCUT2D eigenvalue weighted by molar-refractivity contribution is -0.160. The van der Waals surface area contributed by atoms with Crippen LogP contribution in [0.3, 0.4) is 0 Å². The molecule has 0 bridgehead atoms. The lowest BCUT2D eigenvalue weighted by atomic mass is 9.95. The highest BCUT2D eigenvalue weighted by molar-refractivity contribution is 7.89. The van der Waals surface area contributed by atoms with Gasteiger partial charge in [-0.25, -0.2) is 13.4 Å². The summed E-state index contributed by atoms with van der Waals surface area (Å²) in [6, 6.07) is 2.76. The predicted octanol–water partition coefficient (Wildman–Crippen LogP) is 5.09. The van der Waals surface area contributed by atoms with Gasteiger partial charge in [-0.3, -0.25) is 9.78 Å². The summed E-state index contributed by atoms with van der Waals surface area (Å²) in [5, 5.41) is -0.126. The second-order valence-electron chi connectivity index (χ2n) is 9.91. The molecule has 0 aromatic carbocycles. The summed E-state index contributed by atoms with van der Waals surface area (Å²) >= 11 is 0. The molecule has 39 heavy (non-hydrogen) atoms. The van der Waals surface area contributed by atoms with Crippen LogP contribution in [0, 0.1) is 0 Å². The minimum Gasteiger partial charge on any atom is -0.366 e. The Morgan fingerprint density at radius 2 is 1.69 bits per heavy atom. The van der Waals surface area contributed by atoms with Crippen LogP contribution in [-0.2, 0) is 16.2 Å². The van der Waals surface area contributed by atoms with Gasteiger partial charge in [0.25, 0.3) is 5.91 Å². The van der Waals surface area contributed by atoms with E-state index in [0.29, 0.717) is 19.0 Å². The number of sulfonamides is 1. The third-order valence-corrected chi connectivity index (χ3v) is 8.79. The zero-order chi connectivity index (χ0) is 28.4. The Morgan fingerprint density at radius 1 is 1.03 bits per heavy atom. The van der Waals surface area contributed by atoms with Crippen molar-refractivity contribution in [2.24, 2.45) is 5.73 Å². The van der Waals surface area contributed by atoms with Crippen LogP contribution in [0.1, 0.15) is 66.9 Å². The van der Waals surface area contributed by atoms with Gasteiger partial charge in [0.1, 0.15) is 16.1 Å². The molecule has 0 saturated heterocycles. The van der Waals surface area contributed by atoms with Gasteiger partial charge in [-0.1, -0.05) is 19.3 Å². The van der Waals surface area contributed by atoms with Crippen molar-refractivity contribution in [2.75, 3.05) is 0 Å². The highest BCUT2D eigenvalue weighted by Crippen LogP contribution is 2.50. The molecule has 0 spiro atoms. The van der Waals surface area contributed by atoms with E-state index < -0.39 is 57.1 Å². The quantitative estimate of drug-likeness (QED) is 0.397. The molecule has 3 aromatic heterocycles. The van der Waals surface area contributed by atoms with Crippen molar-refractivity contribution in [3.05, 3.63) is 41.7 Å². The van der Waals surface area contributed by atoms with Crippen LogP contribution < -0.4 is 10.5 Å². The summed E-state index contributed by atoms with van der Waals surface area (Å²) in [5.41, 5.74) is 1.95. The number of hydrogen-bond acceptors (Lipinski definition) is 5. The van der Waals surface area contributed by atoms with Gasteiger partial charge in [-0.2, -0.15) is 31.1 Å². The molecule has 0 atom stereocenters. The van der Waals surface area contributed by atoms with E-state index >= 15 is 0 Å². The van der Waals surface area contributed by atoms with E-state index in [1.807, 2.05) is 0 Å². The van der Waals surface area contributed by atoms with Crippen molar-refractivity contribution in [1.29, 1.82) is 0 Å². The molecule has 2 saturated carbocycles. The number of amides is 1. The average Bonchev–Trinajstić information content (AvgIpc) is 3.56. The van der Waals surface area contributed by atoms with E-state index in [1.54, 1.807) is 9.29 Å². The summed E-state index contributed by atoms with van der Waals surface area (Å²) in [5.74, 6) is -1.04. The topological polar surface area (TPSA) is 120 Å². The maximum atomic E-state index is 13.5. The number of hydrogen-bond donors (Lipinski definition) is 2. The van der Waals surface area contributed by atoms with Crippen molar-refractivity contribution in [2.45, 2.75) is 73.8 Å². The van der Waals surface area contributed by atoms with Gasteiger partial charge in [-0.15, -0.1) is 0 Å². The maximum Gasteiger partial charge on any atom is 0.417 e. The number of aromatic nitrogens is 3. The first-order chi connectivity index (χ1) is 18.1. The first kappa shape index (κ1) is 27.4. The fourth-order valence-corrected chi connectivity index (χ4v) is 6.49. The molecule has 0 radical (unpaired) electrons. The van der Waals surface area contributed by atoms with E-state index in [9.17, 15) is 39.6 Å². The number of nitrogens with zero attached hydrogens (tertiary/aromatic N) is 3. The molecule has 1 amide bonds. The number of alkyl halides is 6. The predicted molar refractivity (Wildman–Crippen MR) is 127 cm³/mol. The first-order valence-electron chi connectivity index (χ1n) is 12.1. The van der Waals surface area contributed by atoms with Crippen molar-refractivity contribution >= 4 is 27.0 Å². The molecule has 3 aromatic rings. The Balaban J connectivity index is 1.65. The second kappa shape index (κ2) is 9.18. The van der Waals surface area contributed by atoms with Crippen LogP contribution in [0.25, 0.3) is 22.4 Å². The van der Waals surface area contributed by atoms with Crippen molar-refractivity contribution in [3.8, 4) is 11.4 Å². The Hall–Kier alpha value is -3.20. The monoisotopic (exact) mass is 575 g/mol. The van der Waals surface area contributed by atoms with Gasteiger partial charge in [0.05, 0.1) is 22.5 Å². The fourth-order valence-electron chi connectivity index (χ4n) is 5.10. The fraction of sp³-hybridized carbons (Fsp3) is 0.458. The summed E-state index contributed by atoms with van der Waals surface area (Å²) in [6.45, 7) is 0. The first-order valence-corrected chi connectivity index (χ1v) is 13.6. The number of carbonyl (C=O) groups is 1. The number of halogens is 6. The normalized spacial score (nSPS) is 18.4. The molecular formula is C24H23F6N5O3S. The number of fused-ring (bicyclic) bond motifs is 1. The van der Waals surface area contributed by atoms with Crippen LogP contribution in [0.4, 0.5) is 26.3 Å². The number of nitrogens with one attached hydrogen (secondary N) is 1. The third kappa shape index (κ3) is 4.86. The number of pyridine rings is 2. The van der Waals surface area contributed by atoms with Crippen LogP contribution in [0.5, 0.6) is 0 Å². The van der Waals surface area contributed by atoms with Crippen LogP contribution >= 0.6 is 0 Å². The van der Waals surface area contributed by atoms with Crippen LogP contribution in [-0.4, -0.2) is 40.6 Å². The minimum atomic E-state index is -4.77. The lowest BCUT2D eigenvalue weighted by Gasteiger charge is -2.26. The Bertz CT molecular complexity index is 1540. The van der Waals surface area contributed by atoms with E-state index in [4.69, 9.17) is 5.73 Å². The number of rotatable bonds is 6. The minimum absolute atomic E-state index is 0.0110. The molecule has 2 fully saturated rings. The maximum absolute atomic E-state index is 13.5. The van der Waals surface area contributed by atoms with Crippen LogP contribution in [0.15, 0.2) is 35.5 Å². The molecule has 8 nitrogen and oxygen atoms in total. The SMILES string of the molecule is NC(=O)c1c(-c2ccc(S(=O)(=O)NC3(C(F)(F)F)CC3)cn2)n(C2CCCCC2)c2ncc(C(F)(F)F)cc12. The summed E-state index contributed by atoms with van der Waals surface area (Å²) in [6.07, 6.45) is -4.88. The number of nitrogens with two attached hydrogens (primary N) is 1. The Kier molecular flexibility index (Phi) is 6.44. The largest absolute Gasteiger partial charge is 0.417 e. The summed E-state index contributed by atoms with van der Waals surface area (Å²) in [4.78, 5) is 20.2. The lowest BCUT2D eigenvalue weighted by Crippen LogP contribution is -2.47. The van der Waals surface area contributed by atoms with E-state index in [1.165, 1.54) is 6.07 Å². The average molecular weight is 576 g/mol. The van der Waals surface area contributed by atoms with Crippen LogP contribution in [0.2, 0.25) is 0 Å². The number of carbonyl (C=O) groups excluding carboxylic acids is 1. The standard InChI is InChI=1S/C24H23F6N5O3S/c25-23(26,27)13-10-16-18(20(31)36)19(35(21(16)33-11-13)14-4-2-1-3-5-14)17-7-6-15(12-32-17)39(37,38)34-22(8-9-22)24(28,29)30/h6-7,10-12,14,34H,1-5,8-9H2,(H2,31,36). The highest BCUT2D eigenvalue weighted by atomic mass is 32.2. The van der Waals surface area contributed by atoms with Gasteiger partial charge in [0.15, 0.2) is 0 Å². The molecule has 2 aliphatic carbocycles. The van der Waals surface area contributed by atoms with Crippen molar-refractivity contribution in [1.82, 2.24) is 19.3 Å². The highest BCUT2D eigenvalue weighted by Gasteiger charge is 2.65. The van der Waals surface area contributed by atoms with Gasteiger partial charge >= 0.3 is 12.4 Å². The molecule has 0 unspecified atom stereocenters. The summed E-state index contributed by atoms with van der Waals surface area (Å²) in [7, 11) is -4.61. The zero-order valence-corrected chi connectivity index (χ0v) is 21.1. The summed E-state index contributed by atoms with van der Waals surface area (Å²) < 4.78 is 109. The molecule has 2 aliphatic rings. The Labute approximate surface area is 218 Å². The van der Waals surface area contributed by atoms with Gasteiger partial charge in [-0.05, 0) is 43.9 Å². The molecule has 0 aliphatic heterocycles. The van der Waals surface area contributed by atoms with Gasteiger partial charge in [0.2, 0.25) is 10.0 Å². The number of primary amides is 1. The van der Waals surface area contributed by atoms with Gasteiger partial charge < -0.3 is 10.3 Å². The molecule has 210 valence electrons. The molecule has 5 rings (SSSR count). The molecule has 3 heterocycles. The van der Waals surface area contributed by atoms with E-state index in [-0.39, 0.29) is 34.0 Å².